The van der Waals surface area contributed by atoms with Crippen LogP contribution in [0.5, 0.6) is 0 Å². The minimum absolute atomic E-state index is 0.265. The van der Waals surface area contributed by atoms with Crippen molar-refractivity contribution in [2.24, 2.45) is 0 Å². The molecule has 7 heteroatoms. The molecule has 5 atom stereocenters. The van der Waals surface area contributed by atoms with Gasteiger partial charge in [0.25, 0.3) is 0 Å². The molecule has 1 aliphatic heterocycles. The Morgan fingerprint density at radius 3 is 1.85 bits per heavy atom. The van der Waals surface area contributed by atoms with Crippen molar-refractivity contribution in [3.8, 4) is 0 Å². The van der Waals surface area contributed by atoms with Crippen LogP contribution < -0.4 is 0 Å². The quantitative estimate of drug-likeness (QED) is 0.265. The highest BCUT2D eigenvalue weighted by molar-refractivity contribution is 5.69. The Kier molecular flexibility index (Phi) is 12.9. The number of aliphatic hydroxyl groups excluding tert-OH is 4. The summed E-state index contributed by atoms with van der Waals surface area (Å²) in [5.41, 5.74) is 0. The third kappa shape index (κ3) is 9.85. The van der Waals surface area contributed by atoms with Crippen LogP contribution in [0.25, 0.3) is 0 Å². The van der Waals surface area contributed by atoms with Gasteiger partial charge in [0.15, 0.2) is 6.29 Å². The van der Waals surface area contributed by atoms with Crippen LogP contribution in [0.4, 0.5) is 0 Å². The lowest BCUT2D eigenvalue weighted by atomic mass is 9.99. The van der Waals surface area contributed by atoms with Crippen molar-refractivity contribution in [1.82, 2.24) is 0 Å². The molecule has 1 unspecified atom stereocenters. The van der Waals surface area contributed by atoms with Gasteiger partial charge in [-0.1, -0.05) is 71.1 Å². The lowest BCUT2D eigenvalue weighted by Gasteiger charge is -2.37. The van der Waals surface area contributed by atoms with Gasteiger partial charge in [-0.2, -0.15) is 0 Å². The van der Waals surface area contributed by atoms with Crippen molar-refractivity contribution in [3.63, 3.8) is 0 Å². The number of aliphatic hydroxyl groups is 4. The zero-order valence-electron chi connectivity index (χ0n) is 16.6. The van der Waals surface area contributed by atoms with Gasteiger partial charge < -0.3 is 29.9 Å². The second-order valence-electron chi connectivity index (χ2n) is 7.51. The predicted molar refractivity (Wildman–Crippen MR) is 101 cm³/mol. The summed E-state index contributed by atoms with van der Waals surface area (Å²) in [6, 6.07) is 0. The van der Waals surface area contributed by atoms with E-state index < -0.39 is 36.7 Å². The van der Waals surface area contributed by atoms with Gasteiger partial charge in [0.05, 0.1) is 0 Å². The molecule has 0 aromatic rings. The summed E-state index contributed by atoms with van der Waals surface area (Å²) in [6.45, 7) is 1.96. The zero-order valence-corrected chi connectivity index (χ0v) is 16.6. The monoisotopic (exact) mass is 390 g/mol. The largest absolute Gasteiger partial charge is 0.463 e. The average Bonchev–Trinajstić information content (AvgIpc) is 2.66. The fourth-order valence-corrected chi connectivity index (χ4v) is 3.25. The van der Waals surface area contributed by atoms with Crippen LogP contribution in [0, 0.1) is 0 Å². The zero-order chi connectivity index (χ0) is 20.1. The van der Waals surface area contributed by atoms with Gasteiger partial charge in [-0.3, -0.25) is 4.79 Å². The van der Waals surface area contributed by atoms with Crippen molar-refractivity contribution in [2.75, 3.05) is 6.61 Å². The molecule has 1 heterocycles. The molecule has 1 rings (SSSR count). The Hall–Kier alpha value is -0.730. The Bertz CT molecular complexity index is 391. The Morgan fingerprint density at radius 1 is 0.778 bits per heavy atom. The van der Waals surface area contributed by atoms with Gasteiger partial charge in [0.1, 0.15) is 31.0 Å². The van der Waals surface area contributed by atoms with Crippen molar-refractivity contribution in [2.45, 2.75) is 115 Å². The maximum Gasteiger partial charge on any atom is 0.305 e. The minimum Gasteiger partial charge on any atom is -0.463 e. The highest BCUT2D eigenvalue weighted by Gasteiger charge is 2.43. The van der Waals surface area contributed by atoms with Crippen molar-refractivity contribution in [3.05, 3.63) is 0 Å². The summed E-state index contributed by atoms with van der Waals surface area (Å²) >= 11 is 0. The molecule has 1 saturated heterocycles. The smallest absolute Gasteiger partial charge is 0.305 e. The summed E-state index contributed by atoms with van der Waals surface area (Å²) < 4.78 is 10.0. The highest BCUT2D eigenvalue weighted by atomic mass is 16.6. The fraction of sp³-hybridized carbons (Fsp3) is 0.950. The van der Waals surface area contributed by atoms with Crippen LogP contribution in [-0.4, -0.2) is 63.7 Å². The topological polar surface area (TPSA) is 116 Å². The van der Waals surface area contributed by atoms with E-state index in [2.05, 4.69) is 6.92 Å². The normalized spacial score (nSPS) is 28.3. The molecule has 0 bridgehead atoms. The maximum atomic E-state index is 11.7. The molecular formula is C20H38O7. The molecule has 0 aromatic heterocycles. The first-order valence-corrected chi connectivity index (χ1v) is 10.5. The molecule has 0 spiro atoms. The van der Waals surface area contributed by atoms with Crippen LogP contribution in [0.1, 0.15) is 84.0 Å². The molecule has 7 nitrogen and oxygen atoms in total. The summed E-state index contributed by atoms with van der Waals surface area (Å²) in [5.74, 6) is -0.392. The molecule has 0 radical (unpaired) electrons. The van der Waals surface area contributed by atoms with Crippen molar-refractivity contribution in [1.29, 1.82) is 0 Å². The van der Waals surface area contributed by atoms with Crippen LogP contribution in [0.2, 0.25) is 0 Å². The number of esters is 1. The molecule has 27 heavy (non-hydrogen) atoms. The minimum atomic E-state index is -1.61. The number of rotatable bonds is 14. The number of unbranched alkanes of at least 4 members (excludes halogenated alkanes) is 10. The number of hydrogen-bond acceptors (Lipinski definition) is 7. The molecule has 0 aliphatic carbocycles. The summed E-state index contributed by atoms with van der Waals surface area (Å²) in [7, 11) is 0. The molecule has 0 saturated carbocycles. The van der Waals surface area contributed by atoms with Crippen molar-refractivity contribution < 1.29 is 34.7 Å². The number of ether oxygens (including phenoxy) is 2. The van der Waals surface area contributed by atoms with E-state index in [4.69, 9.17) is 9.47 Å². The third-order valence-electron chi connectivity index (χ3n) is 5.08. The fourth-order valence-electron chi connectivity index (χ4n) is 3.25. The number of carbonyl (C=O) groups is 1. The van der Waals surface area contributed by atoms with E-state index in [1.807, 2.05) is 0 Å². The molecular weight excluding hydrogens is 352 g/mol. The predicted octanol–water partition coefficient (Wildman–Crippen LogP) is 2.03. The highest BCUT2D eigenvalue weighted by Crippen LogP contribution is 2.20. The van der Waals surface area contributed by atoms with Crippen LogP contribution in [0.15, 0.2) is 0 Å². The molecule has 160 valence electrons. The number of carbonyl (C=O) groups excluding carboxylic acids is 1. The Labute approximate surface area is 162 Å². The standard InChI is InChI=1S/C20H38O7/c1-2-3-4-5-6-7-8-9-10-11-12-13-16(21)26-14-15-17(22)18(23)19(24)20(25)27-15/h15,17-20,22-25H,2-14H2,1H3/t15-,17+,18+,19-,20?/m1/s1. The van der Waals surface area contributed by atoms with E-state index in [0.717, 1.165) is 19.3 Å². The molecule has 4 N–H and O–H groups in total. The van der Waals surface area contributed by atoms with Gasteiger partial charge in [-0.05, 0) is 6.42 Å². The van der Waals surface area contributed by atoms with E-state index in [-0.39, 0.29) is 6.61 Å². The van der Waals surface area contributed by atoms with Crippen LogP contribution in [0.3, 0.4) is 0 Å². The summed E-state index contributed by atoms with van der Waals surface area (Å²) in [4.78, 5) is 11.7. The lowest BCUT2D eigenvalue weighted by molar-refractivity contribution is -0.287. The van der Waals surface area contributed by atoms with E-state index in [1.54, 1.807) is 0 Å². The first-order valence-electron chi connectivity index (χ1n) is 10.5. The third-order valence-corrected chi connectivity index (χ3v) is 5.08. The van der Waals surface area contributed by atoms with Gasteiger partial charge in [-0.15, -0.1) is 0 Å². The van der Waals surface area contributed by atoms with Crippen molar-refractivity contribution >= 4 is 5.97 Å². The maximum absolute atomic E-state index is 11.7. The van der Waals surface area contributed by atoms with Gasteiger partial charge >= 0.3 is 5.97 Å². The molecule has 1 fully saturated rings. The molecule has 0 amide bonds. The number of hydrogen-bond donors (Lipinski definition) is 4. The summed E-state index contributed by atoms with van der Waals surface area (Å²) in [6.07, 6.45) is 6.32. The first-order chi connectivity index (χ1) is 13.0. The molecule has 1 aliphatic rings. The second kappa shape index (κ2) is 14.3. The first kappa shape index (κ1) is 24.3. The lowest BCUT2D eigenvalue weighted by Crippen LogP contribution is -2.58. The van der Waals surface area contributed by atoms with Gasteiger partial charge in [-0.25, -0.2) is 0 Å². The summed E-state index contributed by atoms with van der Waals surface area (Å²) in [5, 5.41) is 38.2. The Morgan fingerprint density at radius 2 is 1.30 bits per heavy atom. The van der Waals surface area contributed by atoms with E-state index in [1.165, 1.54) is 51.4 Å². The average molecular weight is 391 g/mol. The molecule has 0 aromatic carbocycles. The van der Waals surface area contributed by atoms with Gasteiger partial charge in [0, 0.05) is 6.42 Å². The van der Waals surface area contributed by atoms with Gasteiger partial charge in [0.2, 0.25) is 0 Å². The SMILES string of the molecule is CCCCCCCCCCCCCC(=O)OC[C@H]1OC(O)[C@H](O)[C@@H](O)[C@H]1O. The second-order valence-corrected chi connectivity index (χ2v) is 7.51. The van der Waals surface area contributed by atoms with Crippen LogP contribution in [-0.2, 0) is 14.3 Å². The van der Waals surface area contributed by atoms with Crippen LogP contribution >= 0.6 is 0 Å². The Balaban J connectivity index is 1.99. The van der Waals surface area contributed by atoms with E-state index in [0.29, 0.717) is 6.42 Å². The van der Waals surface area contributed by atoms with E-state index in [9.17, 15) is 25.2 Å². The van der Waals surface area contributed by atoms with E-state index >= 15 is 0 Å².